The van der Waals surface area contributed by atoms with Crippen molar-refractivity contribution >= 4 is 5.97 Å². The third kappa shape index (κ3) is 1.38. The van der Waals surface area contributed by atoms with Gasteiger partial charge in [-0.15, -0.1) is 0 Å². The van der Waals surface area contributed by atoms with Gasteiger partial charge >= 0.3 is 5.97 Å². The Morgan fingerprint density at radius 3 is 2.71 bits per heavy atom. The first-order valence-corrected chi connectivity index (χ1v) is 4.46. The van der Waals surface area contributed by atoms with Crippen molar-refractivity contribution in [2.24, 2.45) is 5.73 Å². The largest absolute Gasteiger partial charge is 0.479 e. The molecule has 1 aromatic carbocycles. The van der Waals surface area contributed by atoms with E-state index in [1.54, 1.807) is 0 Å². The maximum atomic E-state index is 10.9. The van der Waals surface area contributed by atoms with Crippen LogP contribution in [0.5, 0.6) is 0 Å². The Labute approximate surface area is 81.7 Å². The number of hydrogen-bond donors (Lipinski definition) is 3. The van der Waals surface area contributed by atoms with Gasteiger partial charge in [-0.3, -0.25) is 5.32 Å². The molecule has 1 unspecified atom stereocenters. The van der Waals surface area contributed by atoms with E-state index < -0.39 is 11.6 Å². The van der Waals surface area contributed by atoms with E-state index in [1.165, 1.54) is 0 Å². The van der Waals surface area contributed by atoms with Gasteiger partial charge in [0.25, 0.3) is 0 Å². The maximum absolute atomic E-state index is 10.9. The van der Waals surface area contributed by atoms with Crippen LogP contribution in [-0.2, 0) is 17.8 Å². The molecule has 1 aromatic rings. The molecule has 0 bridgehead atoms. The molecule has 0 spiro atoms. The van der Waals surface area contributed by atoms with Crippen LogP contribution in [0.1, 0.15) is 11.1 Å². The SMILES string of the molecule is NC1(C(=O)O)Cc2ccccc2CN1. The molecular weight excluding hydrogens is 180 g/mol. The molecule has 0 radical (unpaired) electrons. The first-order valence-electron chi connectivity index (χ1n) is 4.46. The molecule has 1 aliphatic rings. The molecule has 2 rings (SSSR count). The summed E-state index contributed by atoms with van der Waals surface area (Å²) in [7, 11) is 0. The van der Waals surface area contributed by atoms with E-state index in [2.05, 4.69) is 5.32 Å². The van der Waals surface area contributed by atoms with Crippen molar-refractivity contribution in [3.05, 3.63) is 35.4 Å². The molecule has 0 saturated carbocycles. The quantitative estimate of drug-likeness (QED) is 0.588. The lowest BCUT2D eigenvalue weighted by Crippen LogP contribution is -2.62. The predicted octanol–water partition coefficient (Wildman–Crippen LogP) is 0.0719. The van der Waals surface area contributed by atoms with E-state index in [9.17, 15) is 4.79 Å². The average molecular weight is 192 g/mol. The molecule has 4 N–H and O–H groups in total. The molecule has 0 amide bonds. The number of fused-ring (bicyclic) bond motifs is 1. The van der Waals surface area contributed by atoms with Gasteiger partial charge in [-0.1, -0.05) is 24.3 Å². The number of nitrogens with two attached hydrogens (primary N) is 1. The minimum atomic E-state index is -1.31. The van der Waals surface area contributed by atoms with Gasteiger partial charge in [-0.25, -0.2) is 4.79 Å². The molecular formula is C10H12N2O2. The summed E-state index contributed by atoms with van der Waals surface area (Å²) in [5.41, 5.74) is 6.53. The molecule has 0 fully saturated rings. The number of aliphatic carboxylic acids is 1. The number of nitrogens with one attached hydrogen (secondary N) is 1. The second kappa shape index (κ2) is 3.08. The topological polar surface area (TPSA) is 75.4 Å². The second-order valence-corrected chi connectivity index (χ2v) is 3.58. The zero-order valence-electron chi connectivity index (χ0n) is 7.66. The van der Waals surface area contributed by atoms with Crippen LogP contribution in [0.4, 0.5) is 0 Å². The zero-order chi connectivity index (χ0) is 10.2. The minimum Gasteiger partial charge on any atom is -0.479 e. The number of hydrogen-bond acceptors (Lipinski definition) is 3. The van der Waals surface area contributed by atoms with E-state index in [0.29, 0.717) is 13.0 Å². The molecule has 1 atom stereocenters. The van der Waals surface area contributed by atoms with Crippen LogP contribution in [-0.4, -0.2) is 16.7 Å². The zero-order valence-corrected chi connectivity index (χ0v) is 7.66. The summed E-state index contributed by atoms with van der Waals surface area (Å²) in [6.45, 7) is 0.513. The van der Waals surface area contributed by atoms with Crippen molar-refractivity contribution in [1.29, 1.82) is 0 Å². The van der Waals surface area contributed by atoms with Crippen molar-refractivity contribution in [3.8, 4) is 0 Å². The highest BCUT2D eigenvalue weighted by Gasteiger charge is 2.36. The van der Waals surface area contributed by atoms with Gasteiger partial charge in [-0.2, -0.15) is 0 Å². The lowest BCUT2D eigenvalue weighted by molar-refractivity contribution is -0.145. The molecule has 1 heterocycles. The lowest BCUT2D eigenvalue weighted by atomic mass is 9.92. The molecule has 0 aromatic heterocycles. The Kier molecular flexibility index (Phi) is 2.02. The third-order valence-electron chi connectivity index (χ3n) is 2.56. The average Bonchev–Trinajstić information content (AvgIpc) is 2.17. The minimum absolute atomic E-state index is 0.332. The molecule has 1 aliphatic heterocycles. The molecule has 0 saturated heterocycles. The van der Waals surface area contributed by atoms with Crippen LogP contribution in [0, 0.1) is 0 Å². The van der Waals surface area contributed by atoms with Gasteiger partial charge in [0.1, 0.15) is 0 Å². The van der Waals surface area contributed by atoms with E-state index in [-0.39, 0.29) is 0 Å². The summed E-state index contributed by atoms with van der Waals surface area (Å²) in [5, 5.41) is 11.8. The van der Waals surface area contributed by atoms with Gasteiger partial charge < -0.3 is 10.8 Å². The summed E-state index contributed by atoms with van der Waals surface area (Å²) in [6, 6.07) is 7.72. The summed E-state index contributed by atoms with van der Waals surface area (Å²) in [4.78, 5) is 10.9. The van der Waals surface area contributed by atoms with E-state index in [1.807, 2.05) is 24.3 Å². The number of benzene rings is 1. The van der Waals surface area contributed by atoms with Gasteiger partial charge in [0.2, 0.25) is 0 Å². The highest BCUT2D eigenvalue weighted by atomic mass is 16.4. The first-order chi connectivity index (χ1) is 6.62. The van der Waals surface area contributed by atoms with Crippen LogP contribution in [0.2, 0.25) is 0 Å². The first kappa shape index (κ1) is 9.18. The fourth-order valence-electron chi connectivity index (χ4n) is 1.67. The van der Waals surface area contributed by atoms with Crippen LogP contribution < -0.4 is 11.1 Å². The van der Waals surface area contributed by atoms with Crippen LogP contribution >= 0.6 is 0 Å². The number of rotatable bonds is 1. The Morgan fingerprint density at radius 1 is 1.43 bits per heavy atom. The number of carboxylic acids is 1. The van der Waals surface area contributed by atoms with Gasteiger partial charge in [-0.05, 0) is 11.1 Å². The summed E-state index contributed by atoms with van der Waals surface area (Å²) in [5.74, 6) is -1.01. The molecule has 14 heavy (non-hydrogen) atoms. The Hall–Kier alpha value is -1.39. The normalized spacial score (nSPS) is 25.5. The lowest BCUT2D eigenvalue weighted by Gasteiger charge is -2.31. The van der Waals surface area contributed by atoms with Crippen molar-refractivity contribution in [3.63, 3.8) is 0 Å². The summed E-state index contributed by atoms with van der Waals surface area (Å²) >= 11 is 0. The predicted molar refractivity (Wildman–Crippen MR) is 51.5 cm³/mol. The van der Waals surface area contributed by atoms with E-state index in [4.69, 9.17) is 10.8 Å². The highest BCUT2D eigenvalue weighted by molar-refractivity contribution is 5.78. The number of carboxylic acid groups (broad SMARTS) is 1. The van der Waals surface area contributed by atoms with Crippen LogP contribution in [0.25, 0.3) is 0 Å². The van der Waals surface area contributed by atoms with E-state index >= 15 is 0 Å². The summed E-state index contributed by atoms with van der Waals surface area (Å²) < 4.78 is 0. The molecule has 4 nitrogen and oxygen atoms in total. The number of carbonyl (C=O) groups is 1. The standard InChI is InChI=1S/C10H12N2O2/c11-10(9(13)14)5-7-3-1-2-4-8(7)6-12-10/h1-4,12H,5-6,11H2,(H,13,14). The molecule has 0 aliphatic carbocycles. The van der Waals surface area contributed by atoms with Crippen molar-refractivity contribution in [2.75, 3.05) is 0 Å². The molecule has 4 heteroatoms. The van der Waals surface area contributed by atoms with Gasteiger partial charge in [0.15, 0.2) is 5.66 Å². The van der Waals surface area contributed by atoms with Gasteiger partial charge in [0, 0.05) is 13.0 Å². The second-order valence-electron chi connectivity index (χ2n) is 3.58. The Bertz CT molecular complexity index is 378. The monoisotopic (exact) mass is 192 g/mol. The summed E-state index contributed by atoms with van der Waals surface area (Å²) in [6.07, 6.45) is 0.332. The van der Waals surface area contributed by atoms with Crippen molar-refractivity contribution in [1.82, 2.24) is 5.32 Å². The Balaban J connectivity index is 2.34. The van der Waals surface area contributed by atoms with Crippen LogP contribution in [0.15, 0.2) is 24.3 Å². The van der Waals surface area contributed by atoms with Crippen molar-refractivity contribution in [2.45, 2.75) is 18.6 Å². The smallest absolute Gasteiger partial charge is 0.339 e. The Morgan fingerprint density at radius 2 is 2.07 bits per heavy atom. The maximum Gasteiger partial charge on any atom is 0.339 e. The third-order valence-corrected chi connectivity index (χ3v) is 2.56. The highest BCUT2D eigenvalue weighted by Crippen LogP contribution is 2.19. The van der Waals surface area contributed by atoms with Crippen LogP contribution in [0.3, 0.4) is 0 Å². The van der Waals surface area contributed by atoms with E-state index in [0.717, 1.165) is 11.1 Å². The van der Waals surface area contributed by atoms with Crippen molar-refractivity contribution < 1.29 is 9.90 Å². The fourth-order valence-corrected chi connectivity index (χ4v) is 1.67. The van der Waals surface area contributed by atoms with Gasteiger partial charge in [0.05, 0.1) is 0 Å². The fraction of sp³-hybridized carbons (Fsp3) is 0.300. The molecule has 74 valence electrons.